The minimum atomic E-state index is 0.564. The van der Waals surface area contributed by atoms with Crippen LogP contribution in [0.3, 0.4) is 0 Å². The lowest BCUT2D eigenvalue weighted by atomic mass is 10.1. The highest BCUT2D eigenvalue weighted by Crippen LogP contribution is 2.32. The SMILES string of the molecule is NCCn1nc(-c2ccccc2Br)c2cnccc21. The molecule has 96 valence electrons. The van der Waals surface area contributed by atoms with E-state index in [9.17, 15) is 0 Å². The van der Waals surface area contributed by atoms with Crippen LogP contribution in [0.1, 0.15) is 0 Å². The maximum absolute atomic E-state index is 5.64. The van der Waals surface area contributed by atoms with E-state index in [2.05, 4.69) is 26.0 Å². The zero-order valence-corrected chi connectivity index (χ0v) is 11.8. The van der Waals surface area contributed by atoms with E-state index in [1.165, 1.54) is 0 Å². The van der Waals surface area contributed by atoms with Gasteiger partial charge in [0.2, 0.25) is 0 Å². The molecule has 0 aliphatic carbocycles. The fourth-order valence-corrected chi connectivity index (χ4v) is 2.64. The topological polar surface area (TPSA) is 56.7 Å². The standard InChI is InChI=1S/C14H13BrN4/c15-12-4-2-1-3-10(12)14-11-9-17-7-5-13(11)19(18-14)8-6-16/h1-5,7,9H,6,8,16H2. The number of benzene rings is 1. The summed E-state index contributed by atoms with van der Waals surface area (Å²) in [6.45, 7) is 1.26. The predicted octanol–water partition coefficient (Wildman–Crippen LogP) is 2.82. The van der Waals surface area contributed by atoms with Gasteiger partial charge in [-0.2, -0.15) is 5.10 Å². The first-order chi connectivity index (χ1) is 9.31. The molecule has 3 rings (SSSR count). The number of nitrogens with two attached hydrogens (primary N) is 1. The number of hydrogen-bond donors (Lipinski definition) is 1. The molecule has 0 atom stereocenters. The van der Waals surface area contributed by atoms with Crippen molar-refractivity contribution in [1.82, 2.24) is 14.8 Å². The Morgan fingerprint density at radius 1 is 1.21 bits per heavy atom. The Balaban J connectivity index is 2.27. The van der Waals surface area contributed by atoms with Crippen molar-refractivity contribution in [2.75, 3.05) is 6.54 Å². The van der Waals surface area contributed by atoms with E-state index in [1.54, 1.807) is 6.20 Å². The van der Waals surface area contributed by atoms with Gasteiger partial charge in [-0.1, -0.05) is 34.1 Å². The van der Waals surface area contributed by atoms with E-state index < -0.39 is 0 Å². The summed E-state index contributed by atoms with van der Waals surface area (Å²) < 4.78 is 2.96. The van der Waals surface area contributed by atoms with E-state index in [4.69, 9.17) is 5.73 Å². The molecule has 2 aromatic heterocycles. The van der Waals surface area contributed by atoms with Crippen LogP contribution in [-0.4, -0.2) is 21.3 Å². The molecule has 0 aliphatic rings. The highest BCUT2D eigenvalue weighted by Gasteiger charge is 2.13. The van der Waals surface area contributed by atoms with Crippen LogP contribution in [0.4, 0.5) is 0 Å². The van der Waals surface area contributed by atoms with E-state index >= 15 is 0 Å². The van der Waals surface area contributed by atoms with Gasteiger partial charge in [0.25, 0.3) is 0 Å². The van der Waals surface area contributed by atoms with Gasteiger partial charge in [0, 0.05) is 34.4 Å². The normalized spacial score (nSPS) is 11.1. The number of rotatable bonds is 3. The molecule has 0 aliphatic heterocycles. The third-order valence-corrected chi connectivity index (χ3v) is 3.71. The molecular weight excluding hydrogens is 304 g/mol. The molecule has 2 N–H and O–H groups in total. The molecule has 3 aromatic rings. The molecule has 0 bridgehead atoms. The Labute approximate surface area is 119 Å². The van der Waals surface area contributed by atoms with Crippen LogP contribution in [0.5, 0.6) is 0 Å². The zero-order valence-electron chi connectivity index (χ0n) is 10.3. The van der Waals surface area contributed by atoms with Gasteiger partial charge in [-0.25, -0.2) is 0 Å². The molecule has 19 heavy (non-hydrogen) atoms. The van der Waals surface area contributed by atoms with Crippen molar-refractivity contribution in [2.24, 2.45) is 5.73 Å². The summed E-state index contributed by atoms with van der Waals surface area (Å²) in [7, 11) is 0. The number of pyridine rings is 1. The van der Waals surface area contributed by atoms with Crippen molar-refractivity contribution < 1.29 is 0 Å². The van der Waals surface area contributed by atoms with Crippen LogP contribution in [-0.2, 0) is 6.54 Å². The van der Waals surface area contributed by atoms with Gasteiger partial charge in [-0.05, 0) is 12.1 Å². The second-order valence-electron chi connectivity index (χ2n) is 4.23. The van der Waals surface area contributed by atoms with Crippen LogP contribution >= 0.6 is 15.9 Å². The number of fused-ring (bicyclic) bond motifs is 1. The molecule has 0 saturated heterocycles. The lowest BCUT2D eigenvalue weighted by molar-refractivity contribution is 0.648. The smallest absolute Gasteiger partial charge is 0.103 e. The number of aromatic nitrogens is 3. The number of halogens is 1. The van der Waals surface area contributed by atoms with Crippen LogP contribution in [0.2, 0.25) is 0 Å². The molecule has 0 saturated carbocycles. The molecule has 2 heterocycles. The Morgan fingerprint density at radius 2 is 2.05 bits per heavy atom. The zero-order chi connectivity index (χ0) is 13.2. The summed E-state index contributed by atoms with van der Waals surface area (Å²) in [5, 5.41) is 5.72. The molecular formula is C14H13BrN4. The monoisotopic (exact) mass is 316 g/mol. The molecule has 0 unspecified atom stereocenters. The Hall–Kier alpha value is -1.72. The summed E-state index contributed by atoms with van der Waals surface area (Å²) in [5.74, 6) is 0. The van der Waals surface area contributed by atoms with E-state index in [0.29, 0.717) is 13.1 Å². The first-order valence-corrected chi connectivity index (χ1v) is 6.86. The highest BCUT2D eigenvalue weighted by molar-refractivity contribution is 9.10. The van der Waals surface area contributed by atoms with E-state index in [1.807, 2.05) is 41.2 Å². The molecule has 0 radical (unpaired) electrons. The van der Waals surface area contributed by atoms with Gasteiger partial charge in [0.05, 0.1) is 12.1 Å². The Kier molecular flexibility index (Phi) is 3.31. The lowest BCUT2D eigenvalue weighted by Crippen LogP contribution is -2.10. The Morgan fingerprint density at radius 3 is 2.84 bits per heavy atom. The molecule has 0 spiro atoms. The summed E-state index contributed by atoms with van der Waals surface area (Å²) in [6, 6.07) is 10.0. The van der Waals surface area contributed by atoms with Gasteiger partial charge in [0.15, 0.2) is 0 Å². The van der Waals surface area contributed by atoms with Crippen molar-refractivity contribution in [3.63, 3.8) is 0 Å². The van der Waals surface area contributed by atoms with E-state index in [0.717, 1.165) is 26.6 Å². The first-order valence-electron chi connectivity index (χ1n) is 6.07. The van der Waals surface area contributed by atoms with Crippen LogP contribution in [0.15, 0.2) is 47.2 Å². The maximum atomic E-state index is 5.64. The Bertz CT molecular complexity index is 720. The van der Waals surface area contributed by atoms with Gasteiger partial charge >= 0.3 is 0 Å². The summed E-state index contributed by atoms with van der Waals surface area (Å²) in [6.07, 6.45) is 3.63. The minimum absolute atomic E-state index is 0.564. The molecule has 0 amide bonds. The van der Waals surface area contributed by atoms with Crippen molar-refractivity contribution in [3.8, 4) is 11.3 Å². The summed E-state index contributed by atoms with van der Waals surface area (Å²) >= 11 is 3.57. The largest absolute Gasteiger partial charge is 0.329 e. The average Bonchev–Trinajstić information content (AvgIpc) is 2.79. The third kappa shape index (κ3) is 2.15. The minimum Gasteiger partial charge on any atom is -0.329 e. The van der Waals surface area contributed by atoms with Crippen molar-refractivity contribution >= 4 is 26.8 Å². The van der Waals surface area contributed by atoms with Crippen molar-refractivity contribution in [1.29, 1.82) is 0 Å². The van der Waals surface area contributed by atoms with Crippen molar-refractivity contribution in [3.05, 3.63) is 47.2 Å². The van der Waals surface area contributed by atoms with Gasteiger partial charge in [0.1, 0.15) is 5.69 Å². The van der Waals surface area contributed by atoms with Gasteiger partial charge < -0.3 is 5.73 Å². The third-order valence-electron chi connectivity index (χ3n) is 3.02. The fraction of sp³-hybridized carbons (Fsp3) is 0.143. The van der Waals surface area contributed by atoms with Crippen LogP contribution in [0, 0.1) is 0 Å². The number of hydrogen-bond acceptors (Lipinski definition) is 3. The van der Waals surface area contributed by atoms with E-state index in [-0.39, 0.29) is 0 Å². The summed E-state index contributed by atoms with van der Waals surface area (Å²) in [5.41, 5.74) is 8.71. The molecule has 0 fully saturated rings. The summed E-state index contributed by atoms with van der Waals surface area (Å²) in [4.78, 5) is 4.20. The molecule has 1 aromatic carbocycles. The average molecular weight is 317 g/mol. The van der Waals surface area contributed by atoms with Crippen molar-refractivity contribution in [2.45, 2.75) is 6.54 Å². The predicted molar refractivity (Wildman–Crippen MR) is 79.7 cm³/mol. The molecule has 5 heteroatoms. The first kappa shape index (κ1) is 12.3. The van der Waals surface area contributed by atoms with Gasteiger partial charge in [-0.15, -0.1) is 0 Å². The second kappa shape index (κ2) is 5.11. The maximum Gasteiger partial charge on any atom is 0.103 e. The van der Waals surface area contributed by atoms with Crippen LogP contribution in [0.25, 0.3) is 22.2 Å². The fourth-order valence-electron chi connectivity index (χ4n) is 2.17. The van der Waals surface area contributed by atoms with Crippen LogP contribution < -0.4 is 5.73 Å². The lowest BCUT2D eigenvalue weighted by Gasteiger charge is -2.00. The highest BCUT2D eigenvalue weighted by atomic mass is 79.9. The molecule has 4 nitrogen and oxygen atoms in total. The second-order valence-corrected chi connectivity index (χ2v) is 5.09. The quantitative estimate of drug-likeness (QED) is 0.808. The number of nitrogens with zero attached hydrogens (tertiary/aromatic N) is 3. The van der Waals surface area contributed by atoms with Gasteiger partial charge in [-0.3, -0.25) is 9.67 Å².